The summed E-state index contributed by atoms with van der Waals surface area (Å²) in [5, 5.41) is 0.185. The van der Waals surface area contributed by atoms with Crippen molar-refractivity contribution in [2.24, 2.45) is 0 Å². The van der Waals surface area contributed by atoms with Crippen LogP contribution in [0.1, 0.15) is 27.7 Å². The zero-order valence-electron chi connectivity index (χ0n) is 10.9. The summed E-state index contributed by atoms with van der Waals surface area (Å²) < 4.78 is 11.4. The molecule has 0 heterocycles. The van der Waals surface area contributed by atoms with Gasteiger partial charge in [0.25, 0.3) is 14.3 Å². The molecule has 0 aromatic rings. The van der Waals surface area contributed by atoms with Crippen LogP contribution in [0.25, 0.3) is 0 Å². The van der Waals surface area contributed by atoms with Crippen molar-refractivity contribution in [3.8, 4) is 0 Å². The Kier molecular flexibility index (Phi) is 5.15. The molecule has 0 fully saturated rings. The van der Waals surface area contributed by atoms with Crippen LogP contribution < -0.4 is 0 Å². The molecule has 0 bridgehead atoms. The van der Waals surface area contributed by atoms with Gasteiger partial charge in [0.15, 0.2) is 0 Å². The van der Waals surface area contributed by atoms with Gasteiger partial charge in [-0.3, -0.25) is 0 Å². The van der Waals surface area contributed by atoms with Crippen LogP contribution in [0.5, 0.6) is 0 Å². The molecule has 0 atom stereocenters. The van der Waals surface area contributed by atoms with Gasteiger partial charge in [0, 0.05) is 6.08 Å². The van der Waals surface area contributed by atoms with Crippen LogP contribution in [0.2, 0.25) is 18.1 Å². The van der Waals surface area contributed by atoms with E-state index in [1.165, 1.54) is 0 Å². The molecule has 88 valence electrons. The predicted octanol–water partition coefficient (Wildman–Crippen LogP) is 4.07. The minimum atomic E-state index is -1.78. The van der Waals surface area contributed by atoms with E-state index >= 15 is 0 Å². The molecule has 0 rings (SSSR count). The second-order valence-corrected chi connectivity index (χ2v) is 9.74. The normalized spacial score (nSPS) is 13.6. The van der Waals surface area contributed by atoms with Crippen LogP contribution in [-0.2, 0) is 9.16 Å². The first-order valence-electron chi connectivity index (χ1n) is 5.39. The first-order valence-corrected chi connectivity index (χ1v) is 8.30. The van der Waals surface area contributed by atoms with Crippen LogP contribution in [0.3, 0.4) is 0 Å². The zero-order chi connectivity index (χ0) is 12.1. The van der Waals surface area contributed by atoms with E-state index < -0.39 is 8.32 Å². The fraction of sp³-hybridized carbons (Fsp3) is 0.667. The number of ether oxygens (including phenoxy) is 1. The van der Waals surface area contributed by atoms with E-state index in [4.69, 9.17) is 9.16 Å². The molecule has 3 heteroatoms. The largest absolute Gasteiger partial charge is 0.519 e. The summed E-state index contributed by atoms with van der Waals surface area (Å²) >= 11 is 0. The van der Waals surface area contributed by atoms with Crippen LogP contribution in [0, 0.1) is 0 Å². The van der Waals surface area contributed by atoms with Crippen LogP contribution in [0.4, 0.5) is 0 Å². The maximum atomic E-state index is 5.99. The van der Waals surface area contributed by atoms with Gasteiger partial charge in [0.2, 0.25) is 0 Å². The molecule has 0 spiro atoms. The maximum Gasteiger partial charge on any atom is 0.265 e. The molecule has 0 saturated heterocycles. The molecule has 0 aromatic heterocycles. The van der Waals surface area contributed by atoms with Crippen molar-refractivity contribution in [1.29, 1.82) is 0 Å². The van der Waals surface area contributed by atoms with Crippen molar-refractivity contribution >= 4 is 8.32 Å². The van der Waals surface area contributed by atoms with E-state index in [-0.39, 0.29) is 5.04 Å². The van der Waals surface area contributed by atoms with Gasteiger partial charge in [0.1, 0.15) is 0 Å². The summed E-state index contributed by atoms with van der Waals surface area (Å²) in [4.78, 5) is 0. The van der Waals surface area contributed by atoms with Crippen LogP contribution in [0.15, 0.2) is 24.7 Å². The van der Waals surface area contributed by atoms with Crippen molar-refractivity contribution in [1.82, 2.24) is 0 Å². The summed E-state index contributed by atoms with van der Waals surface area (Å²) in [7, 11) is -1.78. The molecule has 0 radical (unpaired) electrons. The number of rotatable bonds is 5. The smallest absolute Gasteiger partial charge is 0.265 e. The molecular formula is C12H24O2Si. The Morgan fingerprint density at radius 1 is 1.33 bits per heavy atom. The van der Waals surface area contributed by atoms with Gasteiger partial charge in [-0.25, -0.2) is 0 Å². The molecule has 15 heavy (non-hydrogen) atoms. The van der Waals surface area contributed by atoms with E-state index in [9.17, 15) is 0 Å². The quantitative estimate of drug-likeness (QED) is 0.401. The van der Waals surface area contributed by atoms with Crippen LogP contribution in [-0.4, -0.2) is 14.9 Å². The van der Waals surface area contributed by atoms with Gasteiger partial charge in [-0.15, -0.1) is 0 Å². The van der Waals surface area contributed by atoms with Crippen molar-refractivity contribution in [3.63, 3.8) is 0 Å². The van der Waals surface area contributed by atoms with E-state index in [0.29, 0.717) is 12.6 Å². The van der Waals surface area contributed by atoms with Gasteiger partial charge in [-0.2, -0.15) is 0 Å². The monoisotopic (exact) mass is 228 g/mol. The summed E-state index contributed by atoms with van der Waals surface area (Å²) in [6.07, 6.45) is 3.47. The fourth-order valence-corrected chi connectivity index (χ4v) is 1.69. The SMILES string of the molecule is C=CC=C(OCC)O[Si](C)(C)C(C)(C)C. The summed E-state index contributed by atoms with van der Waals surface area (Å²) in [6, 6.07) is 0. The summed E-state index contributed by atoms with van der Waals surface area (Å²) in [5.74, 6) is 0.596. The summed E-state index contributed by atoms with van der Waals surface area (Å²) in [5.41, 5.74) is 0. The average molecular weight is 228 g/mol. The molecule has 0 N–H and O–H groups in total. The lowest BCUT2D eigenvalue weighted by atomic mass is 10.2. The predicted molar refractivity (Wildman–Crippen MR) is 68.2 cm³/mol. The number of allylic oxidation sites excluding steroid dienone is 2. The standard InChI is InChI=1S/C12H24O2Si/c1-8-10-11(13-9-2)14-15(6,7)12(3,4)5/h8,10H,1,9H2,2-7H3. The summed E-state index contributed by atoms with van der Waals surface area (Å²) in [6.45, 7) is 17.2. The van der Waals surface area contributed by atoms with Gasteiger partial charge < -0.3 is 9.16 Å². The highest BCUT2D eigenvalue weighted by Gasteiger charge is 2.39. The lowest BCUT2D eigenvalue weighted by Crippen LogP contribution is -2.40. The lowest BCUT2D eigenvalue weighted by Gasteiger charge is -2.36. The average Bonchev–Trinajstić information content (AvgIpc) is 2.02. The highest BCUT2D eigenvalue weighted by molar-refractivity contribution is 6.74. The number of hydrogen-bond acceptors (Lipinski definition) is 2. The Bertz CT molecular complexity index is 236. The minimum absolute atomic E-state index is 0.185. The Balaban J connectivity index is 4.67. The molecule has 0 amide bonds. The highest BCUT2D eigenvalue weighted by Crippen LogP contribution is 2.37. The molecule has 0 aliphatic carbocycles. The molecule has 0 aliphatic rings. The molecule has 0 saturated carbocycles. The van der Waals surface area contributed by atoms with Crippen molar-refractivity contribution < 1.29 is 9.16 Å². The Labute approximate surface area is 95.1 Å². The Hall–Kier alpha value is -0.703. The zero-order valence-corrected chi connectivity index (χ0v) is 11.9. The van der Waals surface area contributed by atoms with E-state index in [2.05, 4.69) is 40.4 Å². The first-order chi connectivity index (χ1) is 6.74. The third kappa shape index (κ3) is 4.56. The minimum Gasteiger partial charge on any atom is -0.519 e. The molecule has 2 nitrogen and oxygen atoms in total. The second kappa shape index (κ2) is 5.40. The van der Waals surface area contributed by atoms with Gasteiger partial charge >= 0.3 is 0 Å². The van der Waals surface area contributed by atoms with Crippen molar-refractivity contribution in [2.75, 3.05) is 6.61 Å². The molecule has 0 aromatic carbocycles. The van der Waals surface area contributed by atoms with E-state index in [1.807, 2.05) is 6.92 Å². The fourth-order valence-electron chi connectivity index (χ4n) is 0.755. The third-order valence-electron chi connectivity index (χ3n) is 2.70. The van der Waals surface area contributed by atoms with E-state index in [0.717, 1.165) is 0 Å². The Morgan fingerprint density at radius 2 is 1.87 bits per heavy atom. The number of hydrogen-bond donors (Lipinski definition) is 0. The molecule has 0 unspecified atom stereocenters. The molecule has 0 aliphatic heterocycles. The van der Waals surface area contributed by atoms with Crippen molar-refractivity contribution in [3.05, 3.63) is 24.7 Å². The van der Waals surface area contributed by atoms with Crippen molar-refractivity contribution in [2.45, 2.75) is 45.8 Å². The second-order valence-electron chi connectivity index (χ2n) is 5.02. The highest BCUT2D eigenvalue weighted by atomic mass is 28.4. The first kappa shape index (κ1) is 14.3. The third-order valence-corrected chi connectivity index (χ3v) is 7.03. The van der Waals surface area contributed by atoms with E-state index in [1.54, 1.807) is 12.2 Å². The van der Waals surface area contributed by atoms with Crippen LogP contribution >= 0.6 is 0 Å². The van der Waals surface area contributed by atoms with Gasteiger partial charge in [0.05, 0.1) is 6.61 Å². The van der Waals surface area contributed by atoms with Gasteiger partial charge in [-0.1, -0.05) is 33.4 Å². The lowest BCUT2D eigenvalue weighted by molar-refractivity contribution is 0.107. The molecular weight excluding hydrogens is 204 g/mol. The topological polar surface area (TPSA) is 18.5 Å². The van der Waals surface area contributed by atoms with Gasteiger partial charge in [-0.05, 0) is 25.1 Å². The maximum absolute atomic E-state index is 5.99. The Morgan fingerprint density at radius 3 is 2.20 bits per heavy atom.